The smallest absolute Gasteiger partial charge is 0.196 e. The summed E-state index contributed by atoms with van der Waals surface area (Å²) < 4.78 is 0. The lowest BCUT2D eigenvalue weighted by atomic mass is 10.2. The van der Waals surface area contributed by atoms with Crippen LogP contribution in [0.25, 0.3) is 11.4 Å². The van der Waals surface area contributed by atoms with E-state index in [1.54, 1.807) is 0 Å². The fraction of sp³-hybridized carbons (Fsp3) is 0.182. The summed E-state index contributed by atoms with van der Waals surface area (Å²) >= 11 is 0. The number of carbonyl (C=O) groups is 1. The summed E-state index contributed by atoms with van der Waals surface area (Å²) in [6, 6.07) is 5.64. The van der Waals surface area contributed by atoms with Gasteiger partial charge in [-0.1, -0.05) is 0 Å². The van der Waals surface area contributed by atoms with Crippen molar-refractivity contribution in [2.45, 2.75) is 13.8 Å². The molecular weight excluding hydrogens is 190 g/mol. The fourth-order valence-corrected chi connectivity index (χ4v) is 1.35. The van der Waals surface area contributed by atoms with E-state index in [0.717, 1.165) is 17.1 Å². The zero-order chi connectivity index (χ0) is 10.8. The Morgan fingerprint density at radius 2 is 2.20 bits per heavy atom. The van der Waals surface area contributed by atoms with E-state index < -0.39 is 0 Å². The predicted octanol–water partition coefficient (Wildman–Crippen LogP) is 1.98. The number of hydrogen-bond donors (Lipinski definition) is 1. The van der Waals surface area contributed by atoms with Gasteiger partial charge in [-0.25, -0.2) is 9.97 Å². The van der Waals surface area contributed by atoms with Crippen LogP contribution in [-0.4, -0.2) is 20.7 Å². The number of Topliss-reactive ketones (excluding diaryl/α,β-unsaturated/α-hetero) is 1. The minimum absolute atomic E-state index is 0.119. The summed E-state index contributed by atoms with van der Waals surface area (Å²) in [5, 5.41) is 0. The van der Waals surface area contributed by atoms with Crippen LogP contribution in [0.5, 0.6) is 0 Å². The van der Waals surface area contributed by atoms with Gasteiger partial charge in [0.05, 0.1) is 11.4 Å². The average molecular weight is 201 g/mol. The van der Waals surface area contributed by atoms with E-state index in [0.29, 0.717) is 0 Å². The minimum Gasteiger partial charge on any atom is -0.360 e. The molecule has 4 heteroatoms. The lowest BCUT2D eigenvalue weighted by Gasteiger charge is -2.01. The lowest BCUT2D eigenvalue weighted by molar-refractivity contribution is 0.100. The number of ketones is 1. The number of aryl methyl sites for hydroxylation is 1. The molecule has 76 valence electrons. The van der Waals surface area contributed by atoms with Crippen molar-refractivity contribution in [2.24, 2.45) is 0 Å². The first-order chi connectivity index (χ1) is 7.16. The Hall–Kier alpha value is -1.97. The Labute approximate surface area is 87.4 Å². The topological polar surface area (TPSA) is 58.6 Å². The lowest BCUT2D eigenvalue weighted by Crippen LogP contribution is -2.03. The third kappa shape index (κ3) is 1.93. The van der Waals surface area contributed by atoms with Crippen molar-refractivity contribution in [1.29, 1.82) is 0 Å². The quantitative estimate of drug-likeness (QED) is 0.756. The molecular formula is C11H11N3O. The molecule has 0 saturated carbocycles. The number of hydrogen-bond acceptors (Lipinski definition) is 3. The van der Waals surface area contributed by atoms with Crippen LogP contribution in [0.1, 0.15) is 23.2 Å². The third-order valence-corrected chi connectivity index (χ3v) is 2.04. The first-order valence-electron chi connectivity index (χ1n) is 4.67. The fourth-order valence-electron chi connectivity index (χ4n) is 1.35. The highest BCUT2D eigenvalue weighted by Crippen LogP contribution is 2.15. The van der Waals surface area contributed by atoms with Gasteiger partial charge in [-0.15, -0.1) is 0 Å². The van der Waals surface area contributed by atoms with E-state index in [1.807, 2.05) is 31.3 Å². The molecule has 0 bridgehead atoms. The number of aromatic amines is 1. The van der Waals surface area contributed by atoms with E-state index in [9.17, 15) is 4.79 Å². The molecule has 0 aliphatic rings. The Balaban J connectivity index is 2.54. The summed E-state index contributed by atoms with van der Waals surface area (Å²) in [5.74, 6) is 0.145. The van der Waals surface area contributed by atoms with Gasteiger partial charge < -0.3 is 4.98 Å². The minimum atomic E-state index is -0.119. The van der Waals surface area contributed by atoms with Crippen LogP contribution in [-0.2, 0) is 0 Å². The van der Waals surface area contributed by atoms with Crippen LogP contribution in [0.4, 0.5) is 0 Å². The van der Waals surface area contributed by atoms with Gasteiger partial charge in [-0.3, -0.25) is 4.79 Å². The standard InChI is InChI=1S/C11H11N3O/c1-7-6-10(9-4-3-5-12-9)14-11(13-7)8(2)15/h3-6,12H,1-2H3. The molecule has 0 saturated heterocycles. The maximum atomic E-state index is 11.2. The predicted molar refractivity (Wildman–Crippen MR) is 56.6 cm³/mol. The Morgan fingerprint density at radius 1 is 1.40 bits per heavy atom. The summed E-state index contributed by atoms with van der Waals surface area (Å²) in [7, 11) is 0. The maximum Gasteiger partial charge on any atom is 0.196 e. The Bertz CT molecular complexity index is 489. The van der Waals surface area contributed by atoms with Gasteiger partial charge in [0.2, 0.25) is 0 Å². The van der Waals surface area contributed by atoms with Crippen LogP contribution in [0.2, 0.25) is 0 Å². The van der Waals surface area contributed by atoms with Crippen molar-refractivity contribution in [3.05, 3.63) is 35.9 Å². The zero-order valence-electron chi connectivity index (χ0n) is 8.61. The van der Waals surface area contributed by atoms with Gasteiger partial charge in [0.15, 0.2) is 11.6 Å². The summed E-state index contributed by atoms with van der Waals surface area (Å²) in [4.78, 5) is 22.5. The van der Waals surface area contributed by atoms with E-state index in [-0.39, 0.29) is 11.6 Å². The molecule has 0 amide bonds. The highest BCUT2D eigenvalue weighted by Gasteiger charge is 2.08. The molecule has 0 atom stereocenters. The molecule has 0 fully saturated rings. The molecule has 4 nitrogen and oxygen atoms in total. The molecule has 1 N–H and O–H groups in total. The van der Waals surface area contributed by atoms with Crippen molar-refractivity contribution in [1.82, 2.24) is 15.0 Å². The second kappa shape index (κ2) is 3.65. The van der Waals surface area contributed by atoms with Crippen molar-refractivity contribution in [2.75, 3.05) is 0 Å². The van der Waals surface area contributed by atoms with Crippen molar-refractivity contribution in [3.63, 3.8) is 0 Å². The molecule has 0 aliphatic carbocycles. The number of nitrogens with zero attached hydrogens (tertiary/aromatic N) is 2. The van der Waals surface area contributed by atoms with Crippen molar-refractivity contribution in [3.8, 4) is 11.4 Å². The second-order valence-corrected chi connectivity index (χ2v) is 3.36. The van der Waals surface area contributed by atoms with Crippen molar-refractivity contribution < 1.29 is 4.79 Å². The molecule has 0 radical (unpaired) electrons. The first-order valence-corrected chi connectivity index (χ1v) is 4.67. The molecule has 2 aromatic rings. The van der Waals surface area contributed by atoms with Crippen molar-refractivity contribution >= 4 is 5.78 Å². The molecule has 0 aromatic carbocycles. The van der Waals surface area contributed by atoms with Crippen LogP contribution in [0.3, 0.4) is 0 Å². The maximum absolute atomic E-state index is 11.2. The monoisotopic (exact) mass is 201 g/mol. The van der Waals surface area contributed by atoms with E-state index in [2.05, 4.69) is 15.0 Å². The molecule has 0 aliphatic heterocycles. The largest absolute Gasteiger partial charge is 0.360 e. The average Bonchev–Trinajstić information content (AvgIpc) is 2.69. The summed E-state index contributed by atoms with van der Waals surface area (Å²) in [6.07, 6.45) is 1.82. The molecule has 0 spiro atoms. The normalized spacial score (nSPS) is 10.3. The molecule has 0 unspecified atom stereocenters. The third-order valence-electron chi connectivity index (χ3n) is 2.04. The van der Waals surface area contributed by atoms with Gasteiger partial charge in [-0.2, -0.15) is 0 Å². The van der Waals surface area contributed by atoms with Crippen LogP contribution in [0.15, 0.2) is 24.4 Å². The molecule has 2 rings (SSSR count). The number of nitrogens with one attached hydrogen (secondary N) is 1. The SMILES string of the molecule is CC(=O)c1nc(C)cc(-c2ccc[nH]2)n1. The second-order valence-electron chi connectivity index (χ2n) is 3.36. The highest BCUT2D eigenvalue weighted by atomic mass is 16.1. The summed E-state index contributed by atoms with van der Waals surface area (Å²) in [5.41, 5.74) is 2.43. The number of H-pyrrole nitrogens is 1. The van der Waals surface area contributed by atoms with Gasteiger partial charge in [-0.05, 0) is 25.1 Å². The number of rotatable bonds is 2. The number of carbonyl (C=O) groups excluding carboxylic acids is 1. The Kier molecular flexibility index (Phi) is 2.33. The van der Waals surface area contributed by atoms with Crippen LogP contribution < -0.4 is 0 Å². The molecule has 2 heterocycles. The Morgan fingerprint density at radius 3 is 2.80 bits per heavy atom. The van der Waals surface area contributed by atoms with Gasteiger partial charge in [0, 0.05) is 18.8 Å². The number of aromatic nitrogens is 3. The first kappa shape index (κ1) is 9.58. The highest BCUT2D eigenvalue weighted by molar-refractivity contribution is 5.90. The van der Waals surface area contributed by atoms with E-state index >= 15 is 0 Å². The van der Waals surface area contributed by atoms with Gasteiger partial charge in [0.1, 0.15) is 0 Å². The molecule has 15 heavy (non-hydrogen) atoms. The van der Waals surface area contributed by atoms with E-state index in [4.69, 9.17) is 0 Å². The molecule has 2 aromatic heterocycles. The van der Waals surface area contributed by atoms with Crippen LogP contribution >= 0.6 is 0 Å². The van der Waals surface area contributed by atoms with Crippen LogP contribution in [0, 0.1) is 6.92 Å². The van der Waals surface area contributed by atoms with E-state index in [1.165, 1.54) is 6.92 Å². The van der Waals surface area contributed by atoms with Gasteiger partial charge >= 0.3 is 0 Å². The zero-order valence-corrected chi connectivity index (χ0v) is 8.61. The summed E-state index contributed by atoms with van der Waals surface area (Å²) in [6.45, 7) is 3.31. The van der Waals surface area contributed by atoms with Gasteiger partial charge in [0.25, 0.3) is 0 Å².